The van der Waals surface area contributed by atoms with Crippen LogP contribution in [0.25, 0.3) is 0 Å². The highest BCUT2D eigenvalue weighted by Gasteiger charge is 2.34. The van der Waals surface area contributed by atoms with Crippen molar-refractivity contribution in [3.8, 4) is 0 Å². The predicted octanol–water partition coefficient (Wildman–Crippen LogP) is 0.631. The fourth-order valence-electron chi connectivity index (χ4n) is 3.24. The van der Waals surface area contributed by atoms with Crippen LogP contribution >= 0.6 is 0 Å². The summed E-state index contributed by atoms with van der Waals surface area (Å²) in [6, 6.07) is 0.123. The standard InChI is InChI=1S/C14H25N3O2/c1-10(18)16-11-7-8-17(9-11)14(19)12-5-3-2-4-6-13(12)15/h11-13H,2-9,15H2,1H3,(H,16,18). The predicted molar refractivity (Wildman–Crippen MR) is 73.4 cm³/mol. The Morgan fingerprint density at radius 2 is 1.89 bits per heavy atom. The number of amides is 2. The van der Waals surface area contributed by atoms with E-state index in [0.717, 1.165) is 38.6 Å². The first-order chi connectivity index (χ1) is 9.08. The van der Waals surface area contributed by atoms with Gasteiger partial charge in [-0.05, 0) is 19.3 Å². The zero-order valence-electron chi connectivity index (χ0n) is 11.7. The minimum atomic E-state index is -0.0227. The van der Waals surface area contributed by atoms with E-state index in [9.17, 15) is 9.59 Å². The van der Waals surface area contributed by atoms with E-state index in [-0.39, 0.29) is 29.8 Å². The van der Waals surface area contributed by atoms with Crippen molar-refractivity contribution in [1.82, 2.24) is 10.2 Å². The van der Waals surface area contributed by atoms with E-state index in [1.54, 1.807) is 0 Å². The van der Waals surface area contributed by atoms with Crippen LogP contribution in [-0.2, 0) is 9.59 Å². The third-order valence-corrected chi connectivity index (χ3v) is 4.29. The normalized spacial score (nSPS) is 31.9. The molecule has 5 nitrogen and oxygen atoms in total. The Morgan fingerprint density at radius 1 is 1.16 bits per heavy atom. The van der Waals surface area contributed by atoms with Crippen molar-refractivity contribution in [2.24, 2.45) is 11.7 Å². The molecule has 0 radical (unpaired) electrons. The van der Waals surface area contributed by atoms with E-state index in [4.69, 9.17) is 5.73 Å². The molecule has 0 aromatic rings. The average Bonchev–Trinajstić information content (AvgIpc) is 2.69. The number of carbonyl (C=O) groups excluding carboxylic acids is 2. The molecule has 2 rings (SSSR count). The van der Waals surface area contributed by atoms with Crippen LogP contribution in [0.3, 0.4) is 0 Å². The monoisotopic (exact) mass is 267 g/mol. The van der Waals surface area contributed by atoms with Crippen molar-refractivity contribution >= 4 is 11.8 Å². The van der Waals surface area contributed by atoms with Crippen molar-refractivity contribution in [2.45, 2.75) is 57.5 Å². The first-order valence-electron chi connectivity index (χ1n) is 7.39. The smallest absolute Gasteiger partial charge is 0.227 e. The summed E-state index contributed by atoms with van der Waals surface area (Å²) in [5.74, 6) is 0.159. The molecule has 0 bridgehead atoms. The van der Waals surface area contributed by atoms with Crippen LogP contribution in [0.15, 0.2) is 0 Å². The van der Waals surface area contributed by atoms with E-state index in [0.29, 0.717) is 6.54 Å². The Hall–Kier alpha value is -1.10. The van der Waals surface area contributed by atoms with Gasteiger partial charge in [0.05, 0.1) is 5.92 Å². The summed E-state index contributed by atoms with van der Waals surface area (Å²) in [4.78, 5) is 25.5. The van der Waals surface area contributed by atoms with Crippen molar-refractivity contribution in [2.75, 3.05) is 13.1 Å². The van der Waals surface area contributed by atoms with E-state index >= 15 is 0 Å². The van der Waals surface area contributed by atoms with E-state index in [1.807, 2.05) is 4.90 Å². The molecule has 2 amide bonds. The highest BCUT2D eigenvalue weighted by Crippen LogP contribution is 2.25. The summed E-state index contributed by atoms with van der Waals surface area (Å²) in [5, 5.41) is 2.89. The maximum atomic E-state index is 12.5. The number of carbonyl (C=O) groups is 2. The molecule has 2 fully saturated rings. The molecule has 108 valence electrons. The van der Waals surface area contributed by atoms with Crippen molar-refractivity contribution in [1.29, 1.82) is 0 Å². The van der Waals surface area contributed by atoms with Gasteiger partial charge in [-0.15, -0.1) is 0 Å². The lowest BCUT2D eigenvalue weighted by Crippen LogP contribution is -2.44. The van der Waals surface area contributed by atoms with Crippen LogP contribution in [0, 0.1) is 5.92 Å². The number of rotatable bonds is 2. The van der Waals surface area contributed by atoms with Gasteiger partial charge in [0.1, 0.15) is 0 Å². The van der Waals surface area contributed by atoms with Gasteiger partial charge in [0.2, 0.25) is 11.8 Å². The minimum Gasteiger partial charge on any atom is -0.352 e. The number of nitrogens with zero attached hydrogens (tertiary/aromatic N) is 1. The molecule has 0 spiro atoms. The molecule has 5 heteroatoms. The Kier molecular flexibility index (Phi) is 4.80. The van der Waals surface area contributed by atoms with E-state index in [2.05, 4.69) is 5.32 Å². The zero-order chi connectivity index (χ0) is 13.8. The summed E-state index contributed by atoms with van der Waals surface area (Å²) < 4.78 is 0. The largest absolute Gasteiger partial charge is 0.352 e. The van der Waals surface area contributed by atoms with Gasteiger partial charge in [0.25, 0.3) is 0 Å². The number of hydrogen-bond donors (Lipinski definition) is 2. The third kappa shape index (κ3) is 3.69. The second-order valence-electron chi connectivity index (χ2n) is 5.88. The summed E-state index contributed by atoms with van der Waals surface area (Å²) in [6.07, 6.45) is 6.16. The maximum Gasteiger partial charge on any atom is 0.227 e. The van der Waals surface area contributed by atoms with E-state index in [1.165, 1.54) is 13.3 Å². The number of nitrogens with two attached hydrogens (primary N) is 1. The zero-order valence-corrected chi connectivity index (χ0v) is 11.7. The van der Waals surface area contributed by atoms with Gasteiger partial charge >= 0.3 is 0 Å². The van der Waals surface area contributed by atoms with E-state index < -0.39 is 0 Å². The highest BCUT2D eigenvalue weighted by molar-refractivity contribution is 5.80. The molecule has 19 heavy (non-hydrogen) atoms. The topological polar surface area (TPSA) is 75.4 Å². The average molecular weight is 267 g/mol. The van der Waals surface area contributed by atoms with Crippen LogP contribution in [0.4, 0.5) is 0 Å². The molecule has 0 aromatic carbocycles. The molecule has 3 N–H and O–H groups in total. The van der Waals surface area contributed by atoms with Crippen LogP contribution in [0.5, 0.6) is 0 Å². The van der Waals surface area contributed by atoms with Gasteiger partial charge in [0.15, 0.2) is 0 Å². The molecule has 1 aliphatic heterocycles. The molecule has 1 saturated carbocycles. The highest BCUT2D eigenvalue weighted by atomic mass is 16.2. The molecule has 1 saturated heterocycles. The van der Waals surface area contributed by atoms with Gasteiger partial charge in [-0.2, -0.15) is 0 Å². The van der Waals surface area contributed by atoms with Gasteiger partial charge < -0.3 is 16.0 Å². The Labute approximate surface area is 114 Å². The quantitative estimate of drug-likeness (QED) is 0.721. The lowest BCUT2D eigenvalue weighted by atomic mass is 9.94. The summed E-state index contributed by atoms with van der Waals surface area (Å²) >= 11 is 0. The minimum absolute atomic E-state index is 0.00909. The molecular weight excluding hydrogens is 242 g/mol. The lowest BCUT2D eigenvalue weighted by Gasteiger charge is -2.26. The maximum absolute atomic E-state index is 12.5. The molecule has 2 aliphatic rings. The fourth-order valence-corrected chi connectivity index (χ4v) is 3.24. The van der Waals surface area contributed by atoms with Gasteiger partial charge in [-0.25, -0.2) is 0 Å². The fraction of sp³-hybridized carbons (Fsp3) is 0.857. The second kappa shape index (κ2) is 6.37. The molecule has 1 aliphatic carbocycles. The Bertz CT molecular complexity index is 346. The van der Waals surface area contributed by atoms with Gasteiger partial charge in [-0.1, -0.05) is 19.3 Å². The molecule has 0 aromatic heterocycles. The van der Waals surface area contributed by atoms with Crippen LogP contribution in [0.1, 0.15) is 45.4 Å². The molecule has 3 unspecified atom stereocenters. The van der Waals surface area contributed by atoms with Crippen LogP contribution in [-0.4, -0.2) is 41.9 Å². The molecular formula is C14H25N3O2. The summed E-state index contributed by atoms with van der Waals surface area (Å²) in [6.45, 7) is 2.90. The van der Waals surface area contributed by atoms with Crippen molar-refractivity contribution in [3.05, 3.63) is 0 Å². The van der Waals surface area contributed by atoms with Crippen molar-refractivity contribution in [3.63, 3.8) is 0 Å². The number of hydrogen-bond acceptors (Lipinski definition) is 3. The Morgan fingerprint density at radius 3 is 2.63 bits per heavy atom. The van der Waals surface area contributed by atoms with Gasteiger partial charge in [0, 0.05) is 32.1 Å². The third-order valence-electron chi connectivity index (χ3n) is 4.29. The van der Waals surface area contributed by atoms with Crippen LogP contribution < -0.4 is 11.1 Å². The Balaban J connectivity index is 1.90. The second-order valence-corrected chi connectivity index (χ2v) is 5.88. The first kappa shape index (κ1) is 14.3. The molecule has 1 heterocycles. The lowest BCUT2D eigenvalue weighted by molar-refractivity contribution is -0.135. The summed E-state index contributed by atoms with van der Waals surface area (Å²) in [5.41, 5.74) is 6.15. The van der Waals surface area contributed by atoms with Crippen molar-refractivity contribution < 1.29 is 9.59 Å². The summed E-state index contributed by atoms with van der Waals surface area (Å²) in [7, 11) is 0. The van der Waals surface area contributed by atoms with Gasteiger partial charge in [-0.3, -0.25) is 9.59 Å². The molecule has 3 atom stereocenters. The number of nitrogens with one attached hydrogen (secondary N) is 1. The van der Waals surface area contributed by atoms with Crippen LogP contribution in [0.2, 0.25) is 0 Å². The number of likely N-dealkylation sites (tertiary alicyclic amines) is 1. The SMILES string of the molecule is CC(=O)NC1CCN(C(=O)C2CCCCCC2N)C1. The first-order valence-corrected chi connectivity index (χ1v) is 7.39.